The number of benzene rings is 2. The molecular formula is C28H37O3Si. The number of furan rings is 1. The Morgan fingerprint density at radius 1 is 0.969 bits per heavy atom. The van der Waals surface area contributed by atoms with Crippen LogP contribution >= 0.6 is 0 Å². The molecule has 0 N–H and O–H groups in total. The van der Waals surface area contributed by atoms with E-state index in [9.17, 15) is 0 Å². The van der Waals surface area contributed by atoms with Gasteiger partial charge in [0.15, 0.2) is 0 Å². The monoisotopic (exact) mass is 449 g/mol. The van der Waals surface area contributed by atoms with Crippen molar-refractivity contribution in [2.75, 3.05) is 6.61 Å². The summed E-state index contributed by atoms with van der Waals surface area (Å²) in [7, 11) is -0.562. The van der Waals surface area contributed by atoms with Crippen LogP contribution in [-0.4, -0.2) is 21.8 Å². The van der Waals surface area contributed by atoms with Crippen molar-refractivity contribution in [3.05, 3.63) is 66.7 Å². The molecule has 0 aliphatic heterocycles. The average Bonchev–Trinajstić information content (AvgIpc) is 3.18. The lowest BCUT2D eigenvalue weighted by Gasteiger charge is -2.31. The van der Waals surface area contributed by atoms with Crippen LogP contribution in [-0.2, 0) is 4.43 Å². The smallest absolute Gasteiger partial charge is 0.204 e. The van der Waals surface area contributed by atoms with Gasteiger partial charge in [0.1, 0.15) is 23.2 Å². The summed E-state index contributed by atoms with van der Waals surface area (Å²) in [5.41, 5.74) is 2.00. The summed E-state index contributed by atoms with van der Waals surface area (Å²) >= 11 is 0. The van der Waals surface area contributed by atoms with Gasteiger partial charge in [0, 0.05) is 23.6 Å². The van der Waals surface area contributed by atoms with Gasteiger partial charge in [0.05, 0.1) is 0 Å². The maximum absolute atomic E-state index is 6.46. The fourth-order valence-electron chi connectivity index (χ4n) is 3.62. The Hall–Kier alpha value is -2.30. The highest BCUT2D eigenvalue weighted by Crippen LogP contribution is 2.33. The Kier molecular flexibility index (Phi) is 8.77. The zero-order chi connectivity index (χ0) is 23.0. The van der Waals surface area contributed by atoms with Crippen molar-refractivity contribution in [3.8, 4) is 17.1 Å². The molecule has 3 rings (SSSR count). The van der Waals surface area contributed by atoms with Crippen LogP contribution in [0.3, 0.4) is 0 Å². The summed E-state index contributed by atoms with van der Waals surface area (Å²) in [4.78, 5) is 0. The molecule has 0 saturated heterocycles. The molecule has 1 atom stereocenters. The maximum atomic E-state index is 6.46. The Labute approximate surface area is 195 Å². The van der Waals surface area contributed by atoms with E-state index in [4.69, 9.17) is 13.6 Å². The van der Waals surface area contributed by atoms with E-state index in [1.165, 1.54) is 0 Å². The molecule has 1 unspecified atom stereocenters. The molecule has 4 heteroatoms. The van der Waals surface area contributed by atoms with Crippen molar-refractivity contribution in [2.24, 2.45) is 5.41 Å². The molecule has 0 aliphatic carbocycles. The van der Waals surface area contributed by atoms with Crippen molar-refractivity contribution in [1.82, 2.24) is 0 Å². The number of hydrogen-bond donors (Lipinski definition) is 0. The Morgan fingerprint density at radius 3 is 2.44 bits per heavy atom. The largest absolute Gasteiger partial charge is 0.490 e. The maximum Gasteiger partial charge on any atom is 0.204 e. The highest BCUT2D eigenvalue weighted by atomic mass is 28.3. The van der Waals surface area contributed by atoms with Gasteiger partial charge in [-0.25, -0.2) is 0 Å². The molecule has 1 aromatic heterocycles. The first kappa shape index (κ1) is 24.3. The normalized spacial score (nSPS) is 13.3. The molecule has 0 fully saturated rings. The van der Waals surface area contributed by atoms with Crippen LogP contribution in [0.5, 0.6) is 5.75 Å². The molecule has 1 heterocycles. The van der Waals surface area contributed by atoms with Crippen LogP contribution in [0.2, 0.25) is 13.1 Å². The third-order valence-electron chi connectivity index (χ3n) is 5.46. The Bertz CT molecular complexity index is 983. The Morgan fingerprint density at radius 2 is 1.72 bits per heavy atom. The predicted octanol–water partition coefficient (Wildman–Crippen LogP) is 8.28. The first-order chi connectivity index (χ1) is 15.3. The van der Waals surface area contributed by atoms with E-state index < -0.39 is 9.04 Å². The molecule has 0 amide bonds. The molecule has 3 aromatic rings. The first-order valence-electron chi connectivity index (χ1n) is 11.7. The van der Waals surface area contributed by atoms with Gasteiger partial charge in [-0.05, 0) is 62.4 Å². The topological polar surface area (TPSA) is 31.6 Å². The van der Waals surface area contributed by atoms with Gasteiger partial charge in [-0.1, -0.05) is 63.3 Å². The molecule has 0 aliphatic rings. The lowest BCUT2D eigenvalue weighted by molar-refractivity contribution is 0.0798. The fraction of sp³-hybridized carbons (Fsp3) is 0.429. The highest BCUT2D eigenvalue weighted by molar-refractivity contribution is 6.48. The van der Waals surface area contributed by atoms with Crippen molar-refractivity contribution in [1.29, 1.82) is 0 Å². The Balaban J connectivity index is 1.59. The summed E-state index contributed by atoms with van der Waals surface area (Å²) < 4.78 is 18.3. The van der Waals surface area contributed by atoms with Gasteiger partial charge < -0.3 is 13.6 Å². The van der Waals surface area contributed by atoms with Crippen molar-refractivity contribution < 1.29 is 13.6 Å². The zero-order valence-corrected chi connectivity index (χ0v) is 21.2. The molecule has 2 aromatic carbocycles. The predicted molar refractivity (Wildman–Crippen MR) is 137 cm³/mol. The third-order valence-corrected chi connectivity index (χ3v) is 6.24. The summed E-state index contributed by atoms with van der Waals surface area (Å²) in [5.74, 6) is 1.75. The van der Waals surface area contributed by atoms with Gasteiger partial charge in [0.25, 0.3) is 0 Å². The van der Waals surface area contributed by atoms with Crippen LogP contribution in [0.4, 0.5) is 0 Å². The third kappa shape index (κ3) is 7.39. The van der Waals surface area contributed by atoms with Crippen molar-refractivity contribution in [2.45, 2.75) is 65.7 Å². The first-order valence-corrected chi connectivity index (χ1v) is 14.1. The summed E-state index contributed by atoms with van der Waals surface area (Å²) in [6.45, 7) is 12.0. The van der Waals surface area contributed by atoms with Gasteiger partial charge in [0.2, 0.25) is 9.04 Å². The van der Waals surface area contributed by atoms with Crippen LogP contribution in [0.15, 0.2) is 71.2 Å². The lowest BCUT2D eigenvalue weighted by atomic mass is 9.86. The lowest BCUT2D eigenvalue weighted by Crippen LogP contribution is -2.32. The second-order valence-electron chi connectivity index (χ2n) is 9.60. The molecule has 3 nitrogen and oxygen atoms in total. The van der Waals surface area contributed by atoms with E-state index in [-0.39, 0.29) is 11.5 Å². The average molecular weight is 450 g/mol. The molecular weight excluding hydrogens is 412 g/mol. The van der Waals surface area contributed by atoms with Gasteiger partial charge in [-0.15, -0.1) is 0 Å². The number of allylic oxidation sites excluding steroid dienone is 2. The molecule has 171 valence electrons. The van der Waals surface area contributed by atoms with Gasteiger partial charge in [-0.3, -0.25) is 0 Å². The summed E-state index contributed by atoms with van der Waals surface area (Å²) in [5, 5.41) is 1.09. The number of ether oxygens (including phenoxy) is 1. The molecule has 1 radical (unpaired) electrons. The van der Waals surface area contributed by atoms with E-state index in [0.29, 0.717) is 0 Å². The second-order valence-corrected chi connectivity index (χ2v) is 11.7. The standard InChI is InChI=1S/C28H37O3Si/c1-28(2,3)27(16-12-7-6-8-13-19-29-32(4)5)30-24-18-17-23-20-25(31-26(23)21-24)22-14-10-9-11-15-22/h6-7,9-11,14-15,17-18,20-21,27H,8,12-13,16,19H2,1-5H3/b7-6+. The molecule has 0 saturated carbocycles. The van der Waals surface area contributed by atoms with Crippen LogP contribution in [0, 0.1) is 5.41 Å². The molecule has 0 bridgehead atoms. The summed E-state index contributed by atoms with van der Waals surface area (Å²) in [6, 6.07) is 18.5. The molecule has 32 heavy (non-hydrogen) atoms. The number of hydrogen-bond acceptors (Lipinski definition) is 3. The second kappa shape index (κ2) is 11.5. The van der Waals surface area contributed by atoms with Crippen LogP contribution < -0.4 is 4.74 Å². The van der Waals surface area contributed by atoms with E-state index >= 15 is 0 Å². The van der Waals surface area contributed by atoms with Gasteiger partial charge >= 0.3 is 0 Å². The van der Waals surface area contributed by atoms with Crippen molar-refractivity contribution >= 4 is 20.0 Å². The minimum atomic E-state index is -0.562. The zero-order valence-electron chi connectivity index (χ0n) is 20.2. The number of fused-ring (bicyclic) bond motifs is 1. The quantitative estimate of drug-likeness (QED) is 0.168. The fourth-order valence-corrected chi connectivity index (χ4v) is 4.18. The minimum Gasteiger partial charge on any atom is -0.490 e. The SMILES string of the molecule is C[Si](C)OCCC/C=C/CCC(Oc1ccc2cc(-c3ccccc3)oc2c1)C(C)(C)C. The van der Waals surface area contributed by atoms with Crippen LogP contribution in [0.1, 0.15) is 46.5 Å². The molecule has 0 spiro atoms. The van der Waals surface area contributed by atoms with Crippen molar-refractivity contribution in [3.63, 3.8) is 0 Å². The summed E-state index contributed by atoms with van der Waals surface area (Å²) in [6.07, 6.45) is 8.87. The van der Waals surface area contributed by atoms with E-state index in [2.05, 4.69) is 76.3 Å². The highest BCUT2D eigenvalue weighted by Gasteiger charge is 2.26. The minimum absolute atomic E-state index is 0.0512. The van der Waals surface area contributed by atoms with E-state index in [1.807, 2.05) is 24.3 Å². The number of rotatable bonds is 11. The number of unbranched alkanes of at least 4 members (excludes halogenated alkanes) is 1. The van der Waals surface area contributed by atoms with Crippen LogP contribution in [0.25, 0.3) is 22.3 Å². The van der Waals surface area contributed by atoms with Gasteiger partial charge in [-0.2, -0.15) is 0 Å². The van der Waals surface area contributed by atoms with E-state index in [1.54, 1.807) is 0 Å². The van der Waals surface area contributed by atoms with E-state index in [0.717, 1.165) is 60.3 Å².